The molecule has 0 bridgehead atoms. The standard InChI is InChI=1S/C11H18N4O3S/c16-11(5-12-9-2-1-3-19-8-9)7-14-6-10(4-13-14)15(17)18/h4,6,9,11-12,16H,1-3,5,7-8H2. The highest BCUT2D eigenvalue weighted by molar-refractivity contribution is 7.99. The molecule has 7 nitrogen and oxygen atoms in total. The number of rotatable bonds is 6. The number of nitrogens with zero attached hydrogens (tertiary/aromatic N) is 3. The van der Waals surface area contributed by atoms with Crippen molar-refractivity contribution >= 4 is 17.4 Å². The van der Waals surface area contributed by atoms with Crippen molar-refractivity contribution < 1.29 is 10.0 Å². The second kappa shape index (κ2) is 6.88. The third-order valence-corrected chi connectivity index (χ3v) is 4.25. The Balaban J connectivity index is 1.73. The van der Waals surface area contributed by atoms with Gasteiger partial charge in [0.25, 0.3) is 0 Å². The lowest BCUT2D eigenvalue weighted by molar-refractivity contribution is -0.385. The van der Waals surface area contributed by atoms with Gasteiger partial charge in [0.2, 0.25) is 0 Å². The van der Waals surface area contributed by atoms with Crippen molar-refractivity contribution in [3.8, 4) is 0 Å². The summed E-state index contributed by atoms with van der Waals surface area (Å²) in [7, 11) is 0. The van der Waals surface area contributed by atoms with Gasteiger partial charge in [0.15, 0.2) is 0 Å². The quantitative estimate of drug-likeness (QED) is 0.589. The van der Waals surface area contributed by atoms with E-state index in [9.17, 15) is 15.2 Å². The van der Waals surface area contributed by atoms with Crippen LogP contribution in [0.1, 0.15) is 12.8 Å². The van der Waals surface area contributed by atoms with Gasteiger partial charge in [-0.25, -0.2) is 0 Å². The van der Waals surface area contributed by atoms with E-state index in [1.54, 1.807) is 0 Å². The molecule has 106 valence electrons. The first-order valence-corrected chi connectivity index (χ1v) is 7.46. The molecule has 1 aromatic heterocycles. The van der Waals surface area contributed by atoms with Gasteiger partial charge in [0.05, 0.1) is 17.6 Å². The molecule has 1 fully saturated rings. The Labute approximate surface area is 115 Å². The summed E-state index contributed by atoms with van der Waals surface area (Å²) in [6.45, 7) is 0.750. The van der Waals surface area contributed by atoms with Crippen molar-refractivity contribution in [3.05, 3.63) is 22.5 Å². The first-order valence-electron chi connectivity index (χ1n) is 6.31. The zero-order chi connectivity index (χ0) is 13.7. The maximum atomic E-state index is 10.5. The predicted molar refractivity (Wildman–Crippen MR) is 73.2 cm³/mol. The summed E-state index contributed by atoms with van der Waals surface area (Å²) in [6.07, 6.45) is 4.29. The molecule has 0 radical (unpaired) electrons. The van der Waals surface area contributed by atoms with Crippen LogP contribution in [0.2, 0.25) is 0 Å². The lowest BCUT2D eigenvalue weighted by atomic mass is 10.2. The van der Waals surface area contributed by atoms with Crippen molar-refractivity contribution in [2.45, 2.75) is 31.5 Å². The SMILES string of the molecule is O=[N+]([O-])c1cnn(CC(O)CNC2CCCSC2)c1. The smallest absolute Gasteiger partial charge is 0.306 e. The van der Waals surface area contributed by atoms with Crippen molar-refractivity contribution in [1.29, 1.82) is 0 Å². The Morgan fingerprint density at radius 3 is 3.21 bits per heavy atom. The topological polar surface area (TPSA) is 93.2 Å². The predicted octanol–water partition coefficient (Wildman–Crippen LogP) is 0.637. The van der Waals surface area contributed by atoms with Crippen LogP contribution in [-0.2, 0) is 6.54 Å². The van der Waals surface area contributed by atoms with Gasteiger partial charge in [-0.2, -0.15) is 16.9 Å². The first-order chi connectivity index (χ1) is 9.15. The third kappa shape index (κ3) is 4.48. The summed E-state index contributed by atoms with van der Waals surface area (Å²) in [6, 6.07) is 0.459. The minimum absolute atomic E-state index is 0.0520. The number of hydrogen-bond acceptors (Lipinski definition) is 6. The van der Waals surface area contributed by atoms with E-state index in [0.29, 0.717) is 12.6 Å². The average Bonchev–Trinajstić information content (AvgIpc) is 2.86. The van der Waals surface area contributed by atoms with Gasteiger partial charge >= 0.3 is 5.69 Å². The third-order valence-electron chi connectivity index (χ3n) is 3.03. The number of nitrogens with one attached hydrogen (secondary N) is 1. The van der Waals surface area contributed by atoms with Crippen LogP contribution in [0.15, 0.2) is 12.4 Å². The average molecular weight is 286 g/mol. The molecule has 2 rings (SSSR count). The van der Waals surface area contributed by atoms with Crippen LogP contribution in [0.4, 0.5) is 5.69 Å². The first kappa shape index (κ1) is 14.3. The summed E-state index contributed by atoms with van der Waals surface area (Å²) in [5.41, 5.74) is -0.0520. The van der Waals surface area contributed by atoms with Gasteiger partial charge in [0, 0.05) is 18.3 Å². The van der Waals surface area contributed by atoms with E-state index in [1.807, 2.05) is 11.8 Å². The summed E-state index contributed by atoms with van der Waals surface area (Å²) in [5, 5.41) is 27.6. The number of aliphatic hydroxyl groups excluding tert-OH is 1. The summed E-state index contributed by atoms with van der Waals surface area (Å²) >= 11 is 1.93. The summed E-state index contributed by atoms with van der Waals surface area (Å²) in [5.74, 6) is 2.30. The highest BCUT2D eigenvalue weighted by atomic mass is 32.2. The molecular weight excluding hydrogens is 268 g/mol. The molecule has 0 amide bonds. The molecule has 0 aromatic carbocycles. The van der Waals surface area contributed by atoms with Crippen LogP contribution in [0.5, 0.6) is 0 Å². The van der Waals surface area contributed by atoms with Crippen LogP contribution in [0, 0.1) is 10.1 Å². The largest absolute Gasteiger partial charge is 0.390 e. The Morgan fingerprint density at radius 1 is 1.74 bits per heavy atom. The molecule has 1 aromatic rings. The molecule has 19 heavy (non-hydrogen) atoms. The Hall–Kier alpha value is -1.12. The molecular formula is C11H18N4O3S. The van der Waals surface area contributed by atoms with E-state index in [2.05, 4.69) is 10.4 Å². The molecule has 2 unspecified atom stereocenters. The van der Waals surface area contributed by atoms with E-state index < -0.39 is 11.0 Å². The van der Waals surface area contributed by atoms with E-state index in [4.69, 9.17) is 0 Å². The molecule has 2 N–H and O–H groups in total. The zero-order valence-corrected chi connectivity index (χ0v) is 11.4. The second-order valence-corrected chi connectivity index (χ2v) is 5.80. The lowest BCUT2D eigenvalue weighted by Crippen LogP contribution is -2.40. The normalized spacial score (nSPS) is 21.2. The van der Waals surface area contributed by atoms with E-state index in [1.165, 1.54) is 29.2 Å². The molecule has 0 spiro atoms. The van der Waals surface area contributed by atoms with Crippen LogP contribution in [-0.4, -0.2) is 50.0 Å². The number of hydrogen-bond donors (Lipinski definition) is 2. The second-order valence-electron chi connectivity index (χ2n) is 4.65. The molecule has 8 heteroatoms. The molecule has 2 heterocycles. The number of aliphatic hydroxyl groups is 1. The van der Waals surface area contributed by atoms with Gasteiger partial charge < -0.3 is 10.4 Å². The molecule has 2 atom stereocenters. The fourth-order valence-electron chi connectivity index (χ4n) is 2.03. The number of nitro groups is 1. The Bertz CT molecular complexity index is 420. The maximum absolute atomic E-state index is 10.5. The molecule has 1 aliphatic heterocycles. The zero-order valence-electron chi connectivity index (χ0n) is 10.6. The minimum Gasteiger partial charge on any atom is -0.390 e. The maximum Gasteiger partial charge on any atom is 0.306 e. The highest BCUT2D eigenvalue weighted by Crippen LogP contribution is 2.16. The number of aromatic nitrogens is 2. The van der Waals surface area contributed by atoms with Gasteiger partial charge in [-0.3, -0.25) is 14.8 Å². The van der Waals surface area contributed by atoms with E-state index >= 15 is 0 Å². The molecule has 1 aliphatic rings. The van der Waals surface area contributed by atoms with E-state index in [-0.39, 0.29) is 12.2 Å². The van der Waals surface area contributed by atoms with Crippen LogP contribution < -0.4 is 5.32 Å². The van der Waals surface area contributed by atoms with Gasteiger partial charge in [-0.1, -0.05) is 0 Å². The van der Waals surface area contributed by atoms with Crippen LogP contribution in [0.3, 0.4) is 0 Å². The van der Waals surface area contributed by atoms with Gasteiger partial charge in [0.1, 0.15) is 12.4 Å². The fraction of sp³-hybridized carbons (Fsp3) is 0.727. The Kier molecular flexibility index (Phi) is 5.17. The van der Waals surface area contributed by atoms with Gasteiger partial charge in [-0.05, 0) is 18.6 Å². The van der Waals surface area contributed by atoms with Crippen LogP contribution in [0.25, 0.3) is 0 Å². The summed E-state index contributed by atoms with van der Waals surface area (Å²) in [4.78, 5) is 10.0. The highest BCUT2D eigenvalue weighted by Gasteiger charge is 2.16. The van der Waals surface area contributed by atoms with Crippen molar-refractivity contribution in [1.82, 2.24) is 15.1 Å². The Morgan fingerprint density at radius 2 is 2.58 bits per heavy atom. The molecule has 0 saturated carbocycles. The lowest BCUT2D eigenvalue weighted by Gasteiger charge is -2.23. The molecule has 1 saturated heterocycles. The van der Waals surface area contributed by atoms with Crippen molar-refractivity contribution in [3.63, 3.8) is 0 Å². The monoisotopic (exact) mass is 286 g/mol. The summed E-state index contributed by atoms with van der Waals surface area (Å²) < 4.78 is 1.40. The minimum atomic E-state index is -0.591. The van der Waals surface area contributed by atoms with Crippen molar-refractivity contribution in [2.75, 3.05) is 18.1 Å². The number of thioether (sulfide) groups is 1. The van der Waals surface area contributed by atoms with E-state index in [0.717, 1.165) is 12.2 Å². The molecule has 0 aliphatic carbocycles. The van der Waals surface area contributed by atoms with Gasteiger partial charge in [-0.15, -0.1) is 0 Å². The van der Waals surface area contributed by atoms with Crippen molar-refractivity contribution in [2.24, 2.45) is 0 Å². The van der Waals surface area contributed by atoms with Crippen LogP contribution >= 0.6 is 11.8 Å². The fourth-order valence-corrected chi connectivity index (χ4v) is 3.14.